The van der Waals surface area contributed by atoms with Crippen LogP contribution in [0.15, 0.2) is 67.1 Å². The lowest BCUT2D eigenvalue weighted by molar-refractivity contribution is 0.441. The molecule has 0 aliphatic carbocycles. The Balaban J connectivity index is 1.40. The summed E-state index contributed by atoms with van der Waals surface area (Å²) in [7, 11) is 0. The fourth-order valence-corrected chi connectivity index (χ4v) is 3.24. The van der Waals surface area contributed by atoms with Gasteiger partial charge in [0.05, 0.1) is 6.20 Å². The summed E-state index contributed by atoms with van der Waals surface area (Å²) >= 11 is 0. The summed E-state index contributed by atoms with van der Waals surface area (Å²) in [4.78, 5) is 8.07. The largest absolute Gasteiger partial charge is 0.424 e. The predicted molar refractivity (Wildman–Crippen MR) is 112 cm³/mol. The molecule has 0 aliphatic heterocycles. The van der Waals surface area contributed by atoms with E-state index >= 15 is 0 Å². The number of nitrogens with one attached hydrogen (secondary N) is 1. The van der Waals surface area contributed by atoms with Gasteiger partial charge in [0.15, 0.2) is 5.82 Å². The van der Waals surface area contributed by atoms with Crippen molar-refractivity contribution in [2.75, 3.05) is 0 Å². The molecule has 2 heterocycles. The van der Waals surface area contributed by atoms with Crippen molar-refractivity contribution in [2.24, 2.45) is 0 Å². The second-order valence-corrected chi connectivity index (χ2v) is 7.07. The number of halogens is 2. The van der Waals surface area contributed by atoms with Crippen LogP contribution in [0.1, 0.15) is 29.8 Å². The summed E-state index contributed by atoms with van der Waals surface area (Å²) in [5.74, 6) is -0.614. The van der Waals surface area contributed by atoms with Gasteiger partial charge in [-0.1, -0.05) is 12.1 Å². The molecular weight excluding hydrogens is 400 g/mol. The summed E-state index contributed by atoms with van der Waals surface area (Å²) in [6, 6.07) is 13.1. The Morgan fingerprint density at radius 2 is 1.81 bits per heavy atom. The number of ether oxygens (including phenoxy) is 1. The molecule has 2 aromatic carbocycles. The first-order valence-corrected chi connectivity index (χ1v) is 9.78. The third-order valence-electron chi connectivity index (χ3n) is 4.94. The molecule has 8 heteroatoms. The highest BCUT2D eigenvalue weighted by Gasteiger charge is 2.16. The Labute approximate surface area is 178 Å². The molecule has 4 aromatic rings. The first kappa shape index (κ1) is 20.6. The van der Waals surface area contributed by atoms with Gasteiger partial charge in [-0.15, -0.1) is 0 Å². The first-order valence-electron chi connectivity index (χ1n) is 9.78. The van der Waals surface area contributed by atoms with E-state index in [1.54, 1.807) is 24.7 Å². The molecule has 0 unspecified atom stereocenters. The predicted octanol–water partition coefficient (Wildman–Crippen LogP) is 4.89. The Hall–Kier alpha value is -3.65. The van der Waals surface area contributed by atoms with Crippen LogP contribution in [0.5, 0.6) is 11.8 Å². The van der Waals surface area contributed by atoms with Gasteiger partial charge in [0.2, 0.25) is 0 Å². The highest BCUT2D eigenvalue weighted by molar-refractivity contribution is 5.37. The highest BCUT2D eigenvalue weighted by atomic mass is 19.1. The summed E-state index contributed by atoms with van der Waals surface area (Å²) in [5.41, 5.74) is 3.01. The van der Waals surface area contributed by atoms with Crippen molar-refractivity contribution >= 4 is 0 Å². The topological polar surface area (TPSA) is 64.9 Å². The van der Waals surface area contributed by atoms with E-state index in [1.807, 2.05) is 38.1 Å². The van der Waals surface area contributed by atoms with E-state index in [1.165, 1.54) is 16.8 Å². The van der Waals surface area contributed by atoms with Crippen LogP contribution in [0.25, 0.3) is 5.69 Å². The summed E-state index contributed by atoms with van der Waals surface area (Å²) < 4.78 is 34.4. The van der Waals surface area contributed by atoms with Crippen LogP contribution in [-0.4, -0.2) is 19.7 Å². The second kappa shape index (κ2) is 9.01. The lowest BCUT2D eigenvalue weighted by Gasteiger charge is -2.14. The number of rotatable bonds is 7. The van der Waals surface area contributed by atoms with E-state index in [4.69, 9.17) is 4.74 Å². The normalized spacial score (nSPS) is 12.0. The van der Waals surface area contributed by atoms with Crippen LogP contribution in [-0.2, 0) is 6.54 Å². The van der Waals surface area contributed by atoms with Gasteiger partial charge in [-0.3, -0.25) is 0 Å². The molecule has 4 rings (SSSR count). The molecule has 1 atom stereocenters. The van der Waals surface area contributed by atoms with Gasteiger partial charge in [0, 0.05) is 42.3 Å². The maximum absolute atomic E-state index is 14.1. The standard InChI is InChI=1S/C23H21F2N5O/c1-15(20-14-29-30(16(20)2)22-9-6-18(24)12-21(22)25)28-13-17-4-7-19(8-5-17)31-23-26-10-3-11-27-23/h3-12,14-15,28H,13H2,1-2H3/t15-/m0/s1. The maximum Gasteiger partial charge on any atom is 0.321 e. The third-order valence-corrected chi connectivity index (χ3v) is 4.94. The van der Waals surface area contributed by atoms with E-state index < -0.39 is 11.6 Å². The van der Waals surface area contributed by atoms with Crippen LogP contribution < -0.4 is 10.1 Å². The maximum atomic E-state index is 14.1. The first-order chi connectivity index (χ1) is 15.0. The van der Waals surface area contributed by atoms with Crippen LogP contribution >= 0.6 is 0 Å². The zero-order valence-corrected chi connectivity index (χ0v) is 17.1. The minimum Gasteiger partial charge on any atom is -0.424 e. The van der Waals surface area contributed by atoms with Gasteiger partial charge in [0.1, 0.15) is 17.3 Å². The molecule has 6 nitrogen and oxygen atoms in total. The molecule has 0 fully saturated rings. The quantitative estimate of drug-likeness (QED) is 0.460. The van der Waals surface area contributed by atoms with Gasteiger partial charge < -0.3 is 10.1 Å². The highest BCUT2D eigenvalue weighted by Crippen LogP contribution is 2.23. The van der Waals surface area contributed by atoms with Crippen LogP contribution in [0.4, 0.5) is 8.78 Å². The fraction of sp³-hybridized carbons (Fsp3) is 0.174. The Kier molecular flexibility index (Phi) is 5.99. The molecule has 0 aliphatic rings. The van der Waals surface area contributed by atoms with Crippen LogP contribution in [0.3, 0.4) is 0 Å². The zero-order valence-electron chi connectivity index (χ0n) is 17.1. The fourth-order valence-electron chi connectivity index (χ4n) is 3.24. The number of hydrogen-bond donors (Lipinski definition) is 1. The van der Waals surface area contributed by atoms with E-state index in [0.29, 0.717) is 18.3 Å². The lowest BCUT2D eigenvalue weighted by atomic mass is 10.1. The average molecular weight is 421 g/mol. The number of nitrogens with zero attached hydrogens (tertiary/aromatic N) is 4. The number of aromatic nitrogens is 4. The molecule has 1 N–H and O–H groups in total. The summed E-state index contributed by atoms with van der Waals surface area (Å²) in [6.07, 6.45) is 4.94. The van der Waals surface area contributed by atoms with Crippen molar-refractivity contribution < 1.29 is 13.5 Å². The molecule has 0 spiro atoms. The molecule has 2 aromatic heterocycles. The van der Waals surface area contributed by atoms with Gasteiger partial charge in [-0.05, 0) is 49.7 Å². The molecule has 0 saturated heterocycles. The Morgan fingerprint density at radius 1 is 1.06 bits per heavy atom. The van der Waals surface area contributed by atoms with E-state index in [0.717, 1.165) is 22.9 Å². The minimum atomic E-state index is -0.651. The summed E-state index contributed by atoms with van der Waals surface area (Å²) in [6.45, 7) is 4.50. The number of benzene rings is 2. The molecule has 0 amide bonds. The van der Waals surface area contributed by atoms with E-state index in [-0.39, 0.29) is 11.7 Å². The van der Waals surface area contributed by atoms with Crippen molar-refractivity contribution in [3.8, 4) is 17.4 Å². The molecular formula is C23H21F2N5O. The third kappa shape index (κ3) is 4.75. The second-order valence-electron chi connectivity index (χ2n) is 7.07. The molecule has 0 bridgehead atoms. The average Bonchev–Trinajstić information content (AvgIpc) is 3.15. The molecule has 0 radical (unpaired) electrons. The van der Waals surface area contributed by atoms with Crippen LogP contribution in [0, 0.1) is 18.6 Å². The van der Waals surface area contributed by atoms with Crippen LogP contribution in [0.2, 0.25) is 0 Å². The lowest BCUT2D eigenvalue weighted by Crippen LogP contribution is -2.18. The van der Waals surface area contributed by atoms with Gasteiger partial charge in [-0.2, -0.15) is 5.10 Å². The zero-order chi connectivity index (χ0) is 21.8. The van der Waals surface area contributed by atoms with Gasteiger partial charge in [-0.25, -0.2) is 23.4 Å². The SMILES string of the molecule is Cc1c([C@H](C)NCc2ccc(Oc3ncccn3)cc2)cnn1-c1ccc(F)cc1F. The molecule has 31 heavy (non-hydrogen) atoms. The molecule has 158 valence electrons. The van der Waals surface area contributed by atoms with Crippen molar-refractivity contribution in [1.82, 2.24) is 25.1 Å². The van der Waals surface area contributed by atoms with Crippen molar-refractivity contribution in [3.63, 3.8) is 0 Å². The Bertz CT molecular complexity index is 1160. The smallest absolute Gasteiger partial charge is 0.321 e. The van der Waals surface area contributed by atoms with Crippen molar-refractivity contribution in [1.29, 1.82) is 0 Å². The van der Waals surface area contributed by atoms with E-state index in [9.17, 15) is 8.78 Å². The van der Waals surface area contributed by atoms with Crippen molar-refractivity contribution in [3.05, 3.63) is 95.6 Å². The monoisotopic (exact) mass is 421 g/mol. The van der Waals surface area contributed by atoms with Gasteiger partial charge >= 0.3 is 6.01 Å². The van der Waals surface area contributed by atoms with Crippen molar-refractivity contribution in [2.45, 2.75) is 26.4 Å². The van der Waals surface area contributed by atoms with Gasteiger partial charge in [0.25, 0.3) is 0 Å². The number of hydrogen-bond acceptors (Lipinski definition) is 5. The Morgan fingerprint density at radius 3 is 2.52 bits per heavy atom. The molecule has 0 saturated carbocycles. The minimum absolute atomic E-state index is 0.0223. The van der Waals surface area contributed by atoms with E-state index in [2.05, 4.69) is 20.4 Å². The summed E-state index contributed by atoms with van der Waals surface area (Å²) in [5, 5.41) is 7.73.